The molecule has 0 fully saturated rings. The minimum atomic E-state index is 0.0971. The minimum absolute atomic E-state index is 0.0971. The van der Waals surface area contributed by atoms with Crippen molar-refractivity contribution in [1.82, 2.24) is 9.97 Å². The number of halogens is 1. The van der Waals surface area contributed by atoms with Crippen molar-refractivity contribution in [2.45, 2.75) is 19.7 Å². The van der Waals surface area contributed by atoms with Gasteiger partial charge in [-0.05, 0) is 31.5 Å². The third-order valence-corrected chi connectivity index (χ3v) is 2.81. The first-order chi connectivity index (χ1) is 8.60. The quantitative estimate of drug-likeness (QED) is 0.864. The van der Waals surface area contributed by atoms with Crippen molar-refractivity contribution < 1.29 is 9.84 Å². The van der Waals surface area contributed by atoms with Gasteiger partial charge in [-0.1, -0.05) is 12.1 Å². The summed E-state index contributed by atoms with van der Waals surface area (Å²) in [7, 11) is 0. The van der Waals surface area contributed by atoms with Crippen LogP contribution in [0.5, 0.6) is 17.5 Å². The summed E-state index contributed by atoms with van der Waals surface area (Å²) in [5.74, 6) is 1.20. The van der Waals surface area contributed by atoms with Crippen LogP contribution in [0.25, 0.3) is 0 Å². The van der Waals surface area contributed by atoms with E-state index in [-0.39, 0.29) is 11.8 Å². The van der Waals surface area contributed by atoms with E-state index >= 15 is 0 Å². The third kappa shape index (κ3) is 2.71. The van der Waals surface area contributed by atoms with E-state index in [0.717, 1.165) is 5.56 Å². The van der Waals surface area contributed by atoms with E-state index in [4.69, 9.17) is 16.3 Å². The lowest BCUT2D eigenvalue weighted by atomic mass is 10.2. The average Bonchev–Trinajstić information content (AvgIpc) is 2.37. The van der Waals surface area contributed by atoms with E-state index in [1.165, 1.54) is 0 Å². The molecule has 1 aromatic heterocycles. The predicted octanol–water partition coefficient (Wildman–Crippen LogP) is 3.33. The molecule has 0 radical (unpaired) electrons. The fourth-order valence-electron chi connectivity index (χ4n) is 1.48. The highest BCUT2D eigenvalue weighted by molar-refractivity contribution is 6.17. The predicted molar refractivity (Wildman–Crippen MR) is 69.2 cm³/mol. The van der Waals surface area contributed by atoms with Crippen molar-refractivity contribution in [2.24, 2.45) is 0 Å². The summed E-state index contributed by atoms with van der Waals surface area (Å²) in [6.07, 6.45) is 0. The smallest absolute Gasteiger partial charge is 0.322 e. The zero-order valence-electron chi connectivity index (χ0n) is 10.1. The van der Waals surface area contributed by atoms with Crippen LogP contribution in [-0.2, 0) is 5.88 Å². The monoisotopic (exact) mass is 264 g/mol. The van der Waals surface area contributed by atoms with Crippen molar-refractivity contribution in [3.63, 3.8) is 0 Å². The molecule has 0 bridgehead atoms. The Hall–Kier alpha value is -1.81. The lowest BCUT2D eigenvalue weighted by Gasteiger charge is -2.07. The van der Waals surface area contributed by atoms with Crippen molar-refractivity contribution >= 4 is 11.6 Å². The van der Waals surface area contributed by atoms with Gasteiger partial charge in [-0.15, -0.1) is 11.6 Å². The van der Waals surface area contributed by atoms with E-state index in [9.17, 15) is 5.11 Å². The van der Waals surface area contributed by atoms with E-state index in [1.54, 1.807) is 26.0 Å². The molecule has 0 amide bonds. The first kappa shape index (κ1) is 12.6. The number of nitrogens with zero attached hydrogens (tertiary/aromatic N) is 2. The zero-order valence-corrected chi connectivity index (χ0v) is 10.9. The number of hydrogen-bond acceptors (Lipinski definition) is 4. The molecule has 94 valence electrons. The van der Waals surface area contributed by atoms with Crippen molar-refractivity contribution in [2.75, 3.05) is 0 Å². The Kier molecular flexibility index (Phi) is 3.67. The molecule has 0 saturated carbocycles. The Morgan fingerprint density at radius 3 is 2.17 bits per heavy atom. The van der Waals surface area contributed by atoms with Crippen molar-refractivity contribution in [3.05, 3.63) is 41.2 Å². The molecule has 0 aliphatic carbocycles. The number of aromatic nitrogens is 2. The molecule has 0 atom stereocenters. The maximum Gasteiger partial charge on any atom is 0.322 e. The summed E-state index contributed by atoms with van der Waals surface area (Å²) in [5.41, 5.74) is 2.01. The lowest BCUT2D eigenvalue weighted by Crippen LogP contribution is -1.97. The molecule has 1 aromatic carbocycles. The first-order valence-corrected chi connectivity index (χ1v) is 6.00. The fraction of sp³-hybridized carbons (Fsp3) is 0.231. The molecular weight excluding hydrogens is 252 g/mol. The molecule has 18 heavy (non-hydrogen) atoms. The van der Waals surface area contributed by atoms with Crippen LogP contribution in [0.4, 0.5) is 0 Å². The van der Waals surface area contributed by atoms with Gasteiger partial charge in [-0.2, -0.15) is 9.97 Å². The van der Waals surface area contributed by atoms with E-state index < -0.39 is 0 Å². The first-order valence-electron chi connectivity index (χ1n) is 5.47. The van der Waals surface area contributed by atoms with E-state index in [2.05, 4.69) is 9.97 Å². The summed E-state index contributed by atoms with van der Waals surface area (Å²) < 4.78 is 5.52. The van der Waals surface area contributed by atoms with Crippen LogP contribution in [0.3, 0.4) is 0 Å². The maximum atomic E-state index is 9.57. The SMILES string of the molecule is Cc1nc(Oc2ccc(CCl)cc2)nc(C)c1O. The summed E-state index contributed by atoms with van der Waals surface area (Å²) in [4.78, 5) is 8.12. The summed E-state index contributed by atoms with van der Waals surface area (Å²) in [5, 5.41) is 9.57. The van der Waals surface area contributed by atoms with Gasteiger partial charge >= 0.3 is 6.01 Å². The van der Waals surface area contributed by atoms with Gasteiger partial charge in [-0.3, -0.25) is 0 Å². The van der Waals surface area contributed by atoms with Crippen LogP contribution in [-0.4, -0.2) is 15.1 Å². The molecule has 1 N–H and O–H groups in total. The van der Waals surface area contributed by atoms with Gasteiger partial charge in [0.15, 0.2) is 5.75 Å². The number of aryl methyl sites for hydroxylation is 2. The molecule has 0 unspecified atom stereocenters. The summed E-state index contributed by atoms with van der Waals surface area (Å²) >= 11 is 5.71. The minimum Gasteiger partial charge on any atom is -0.504 e. The van der Waals surface area contributed by atoms with Crippen LogP contribution in [0.1, 0.15) is 17.0 Å². The van der Waals surface area contributed by atoms with Crippen LogP contribution in [0.15, 0.2) is 24.3 Å². The van der Waals surface area contributed by atoms with Crippen LogP contribution < -0.4 is 4.74 Å². The summed E-state index contributed by atoms with van der Waals surface area (Å²) in [6, 6.07) is 7.59. The Balaban J connectivity index is 2.23. The second-order valence-electron chi connectivity index (χ2n) is 3.91. The van der Waals surface area contributed by atoms with Crippen molar-refractivity contribution in [1.29, 1.82) is 0 Å². The Morgan fingerprint density at radius 2 is 1.67 bits per heavy atom. The number of aromatic hydroxyl groups is 1. The standard InChI is InChI=1S/C13H13ClN2O2/c1-8-12(17)9(2)16-13(15-8)18-11-5-3-10(7-14)4-6-11/h3-6,17H,7H2,1-2H3. The van der Waals surface area contributed by atoms with Crippen LogP contribution in [0.2, 0.25) is 0 Å². The second kappa shape index (κ2) is 5.23. The third-order valence-electron chi connectivity index (χ3n) is 2.50. The van der Waals surface area contributed by atoms with Crippen LogP contribution >= 0.6 is 11.6 Å². The maximum absolute atomic E-state index is 9.57. The number of benzene rings is 1. The molecule has 0 aliphatic rings. The van der Waals surface area contributed by atoms with Gasteiger partial charge in [0, 0.05) is 5.88 Å². The van der Waals surface area contributed by atoms with E-state index in [0.29, 0.717) is 23.0 Å². The number of hydrogen-bond donors (Lipinski definition) is 1. The Morgan fingerprint density at radius 1 is 1.11 bits per heavy atom. The highest BCUT2D eigenvalue weighted by Crippen LogP contribution is 2.24. The number of rotatable bonds is 3. The normalized spacial score (nSPS) is 10.4. The zero-order chi connectivity index (χ0) is 13.1. The average molecular weight is 265 g/mol. The van der Waals surface area contributed by atoms with Gasteiger partial charge in [-0.25, -0.2) is 0 Å². The van der Waals surface area contributed by atoms with Crippen LogP contribution in [0, 0.1) is 13.8 Å². The largest absolute Gasteiger partial charge is 0.504 e. The number of alkyl halides is 1. The molecule has 0 spiro atoms. The van der Waals surface area contributed by atoms with Gasteiger partial charge < -0.3 is 9.84 Å². The summed E-state index contributed by atoms with van der Waals surface area (Å²) in [6.45, 7) is 3.40. The van der Waals surface area contributed by atoms with Gasteiger partial charge in [0.25, 0.3) is 0 Å². The molecule has 5 heteroatoms. The lowest BCUT2D eigenvalue weighted by molar-refractivity contribution is 0.418. The topological polar surface area (TPSA) is 55.2 Å². The fourth-order valence-corrected chi connectivity index (χ4v) is 1.66. The Bertz CT molecular complexity index is 532. The molecule has 4 nitrogen and oxygen atoms in total. The Labute approximate surface area is 110 Å². The highest BCUT2D eigenvalue weighted by atomic mass is 35.5. The molecule has 0 saturated heterocycles. The molecule has 2 aromatic rings. The highest BCUT2D eigenvalue weighted by Gasteiger charge is 2.08. The molecule has 0 aliphatic heterocycles. The second-order valence-corrected chi connectivity index (χ2v) is 4.17. The van der Waals surface area contributed by atoms with E-state index in [1.807, 2.05) is 12.1 Å². The molecule has 2 rings (SSSR count). The number of ether oxygens (including phenoxy) is 1. The molecule has 1 heterocycles. The van der Waals surface area contributed by atoms with Gasteiger partial charge in [0.2, 0.25) is 0 Å². The van der Waals surface area contributed by atoms with Crippen molar-refractivity contribution in [3.8, 4) is 17.5 Å². The van der Waals surface area contributed by atoms with Gasteiger partial charge in [0.05, 0.1) is 11.4 Å². The van der Waals surface area contributed by atoms with Gasteiger partial charge in [0.1, 0.15) is 5.75 Å². The molecular formula is C13H13ClN2O2.